The summed E-state index contributed by atoms with van der Waals surface area (Å²) < 4.78 is 24.0. The fraction of sp³-hybridized carbons (Fsp3) is 0.387. The molecule has 2 aliphatic rings. The summed E-state index contributed by atoms with van der Waals surface area (Å²) in [6, 6.07) is 13.8. The zero-order valence-corrected chi connectivity index (χ0v) is 23.1. The molecule has 5 rings (SSSR count). The third-order valence-corrected chi connectivity index (χ3v) is 8.11. The molecule has 2 N–H and O–H groups in total. The fourth-order valence-electron chi connectivity index (χ4n) is 6.06. The lowest BCUT2D eigenvalue weighted by molar-refractivity contribution is 0.0932. The molecule has 0 spiro atoms. The van der Waals surface area contributed by atoms with Crippen LogP contribution in [0.1, 0.15) is 57.5 Å². The Bertz CT molecular complexity index is 1380. The summed E-state index contributed by atoms with van der Waals surface area (Å²) in [5.41, 5.74) is 2.61. The number of amides is 2. The van der Waals surface area contributed by atoms with Gasteiger partial charge in [-0.1, -0.05) is 12.1 Å². The number of rotatable bonds is 8. The van der Waals surface area contributed by atoms with Gasteiger partial charge >= 0.3 is 0 Å². The van der Waals surface area contributed by atoms with Crippen LogP contribution in [0.5, 0.6) is 11.5 Å². The molecule has 0 bridgehead atoms. The molecule has 3 atom stereocenters. The molecule has 2 aromatic carbocycles. The fourth-order valence-corrected chi connectivity index (χ4v) is 6.06. The van der Waals surface area contributed by atoms with Gasteiger partial charge in [0.15, 0.2) is 0 Å². The number of pyridine rings is 1. The highest BCUT2D eigenvalue weighted by Crippen LogP contribution is 2.39. The van der Waals surface area contributed by atoms with Crippen LogP contribution < -0.4 is 25.0 Å². The zero-order valence-electron chi connectivity index (χ0n) is 23.1. The average molecular weight is 547 g/mol. The number of methoxy groups -OCH3 is 2. The molecule has 2 heterocycles. The molecule has 9 heteroatoms. The van der Waals surface area contributed by atoms with E-state index < -0.39 is 5.82 Å². The number of benzene rings is 2. The molecular formula is C31H35FN4O4. The van der Waals surface area contributed by atoms with E-state index in [9.17, 15) is 14.0 Å². The minimum absolute atomic E-state index is 0.0710. The Kier molecular flexibility index (Phi) is 8.19. The quantitative estimate of drug-likeness (QED) is 0.427. The lowest BCUT2D eigenvalue weighted by Crippen LogP contribution is -2.43. The Morgan fingerprint density at radius 3 is 2.62 bits per heavy atom. The number of carbonyl (C=O) groups excluding carboxylic acids is 2. The number of nitrogens with zero attached hydrogens (tertiary/aromatic N) is 2. The summed E-state index contributed by atoms with van der Waals surface area (Å²) in [4.78, 5) is 32.8. The van der Waals surface area contributed by atoms with Crippen LogP contribution in [0.2, 0.25) is 0 Å². The summed E-state index contributed by atoms with van der Waals surface area (Å²) in [7, 11) is 3.08. The third kappa shape index (κ3) is 5.73. The lowest BCUT2D eigenvalue weighted by Gasteiger charge is -2.38. The van der Waals surface area contributed by atoms with E-state index in [1.54, 1.807) is 25.4 Å². The highest BCUT2D eigenvalue weighted by atomic mass is 19.1. The molecule has 1 aliphatic heterocycles. The van der Waals surface area contributed by atoms with E-state index in [0.717, 1.165) is 43.6 Å². The van der Waals surface area contributed by atoms with Crippen LogP contribution in [-0.4, -0.2) is 49.6 Å². The summed E-state index contributed by atoms with van der Waals surface area (Å²) in [5.74, 6) is 1.67. The van der Waals surface area contributed by atoms with E-state index in [4.69, 9.17) is 9.47 Å². The van der Waals surface area contributed by atoms with Gasteiger partial charge in [-0.25, -0.2) is 9.37 Å². The second kappa shape index (κ2) is 11.9. The van der Waals surface area contributed by atoms with Crippen molar-refractivity contribution >= 4 is 17.6 Å². The summed E-state index contributed by atoms with van der Waals surface area (Å²) in [6.45, 7) is 3.00. The Balaban J connectivity index is 1.21. The number of carbonyl (C=O) groups is 2. The first-order valence-electron chi connectivity index (χ1n) is 13.7. The van der Waals surface area contributed by atoms with Crippen molar-refractivity contribution in [2.75, 3.05) is 25.7 Å². The van der Waals surface area contributed by atoms with Crippen LogP contribution in [0, 0.1) is 18.7 Å². The standard InChI is InChI=1S/C31H35FN4O4/c1-19-25(7-4-8-27(19)39-2)31(38)35-24-14-20-6-5-13-36(26(20)16-24)29-12-10-22(18-33-29)30(37)34-17-21-9-11-23(32)15-28(21)40-3/h4,7-12,15,18,20,24,26H,5-6,13-14,16-17H2,1-3H3,(H,34,37)(H,35,38). The predicted octanol–water partition coefficient (Wildman–Crippen LogP) is 4.65. The summed E-state index contributed by atoms with van der Waals surface area (Å²) >= 11 is 0. The van der Waals surface area contributed by atoms with Gasteiger partial charge in [-0.15, -0.1) is 0 Å². The second-order valence-corrected chi connectivity index (χ2v) is 10.5. The zero-order chi connectivity index (χ0) is 28.2. The van der Waals surface area contributed by atoms with Crippen LogP contribution >= 0.6 is 0 Å². The molecular weight excluding hydrogens is 511 g/mol. The van der Waals surface area contributed by atoms with E-state index in [1.165, 1.54) is 19.2 Å². The number of halogens is 1. The Morgan fingerprint density at radius 2 is 1.88 bits per heavy atom. The number of aromatic nitrogens is 1. The van der Waals surface area contributed by atoms with E-state index >= 15 is 0 Å². The number of ether oxygens (including phenoxy) is 2. The molecule has 1 saturated heterocycles. The highest BCUT2D eigenvalue weighted by molar-refractivity contribution is 5.96. The number of piperidine rings is 1. The molecule has 1 saturated carbocycles. The van der Waals surface area contributed by atoms with Crippen LogP contribution in [0.4, 0.5) is 10.2 Å². The van der Waals surface area contributed by atoms with Gasteiger partial charge in [0.05, 0.1) is 19.8 Å². The molecule has 1 aliphatic carbocycles. The van der Waals surface area contributed by atoms with Gasteiger partial charge in [0.1, 0.15) is 23.1 Å². The second-order valence-electron chi connectivity index (χ2n) is 10.5. The van der Waals surface area contributed by atoms with Crippen molar-refractivity contribution in [1.29, 1.82) is 0 Å². The van der Waals surface area contributed by atoms with Crippen molar-refractivity contribution in [2.45, 2.75) is 51.2 Å². The van der Waals surface area contributed by atoms with Crippen LogP contribution in [0.3, 0.4) is 0 Å². The number of hydrogen-bond acceptors (Lipinski definition) is 6. The Hall–Kier alpha value is -4.14. The summed E-state index contributed by atoms with van der Waals surface area (Å²) in [6.07, 6.45) is 5.56. The van der Waals surface area contributed by atoms with E-state index in [-0.39, 0.29) is 30.4 Å². The molecule has 210 valence electrons. The number of anilines is 1. The SMILES string of the molecule is COc1cc(F)ccc1CNC(=O)c1ccc(N2CCCC3CC(NC(=O)c4cccc(OC)c4C)CC32)nc1. The van der Waals surface area contributed by atoms with Crippen molar-refractivity contribution in [3.05, 3.63) is 82.8 Å². The van der Waals surface area contributed by atoms with Crippen molar-refractivity contribution < 1.29 is 23.5 Å². The lowest BCUT2D eigenvalue weighted by atomic mass is 9.92. The molecule has 0 radical (unpaired) electrons. The van der Waals surface area contributed by atoms with E-state index in [1.807, 2.05) is 31.2 Å². The van der Waals surface area contributed by atoms with Crippen molar-refractivity contribution in [3.63, 3.8) is 0 Å². The number of hydrogen-bond donors (Lipinski definition) is 2. The van der Waals surface area contributed by atoms with Gasteiger partial charge < -0.3 is 25.0 Å². The monoisotopic (exact) mass is 546 g/mol. The van der Waals surface area contributed by atoms with Gasteiger partial charge in [-0.05, 0) is 68.9 Å². The average Bonchev–Trinajstić information content (AvgIpc) is 3.39. The van der Waals surface area contributed by atoms with Crippen molar-refractivity contribution in [3.8, 4) is 11.5 Å². The topological polar surface area (TPSA) is 92.8 Å². The minimum atomic E-state index is -0.394. The highest BCUT2D eigenvalue weighted by Gasteiger charge is 2.41. The number of nitrogens with one attached hydrogen (secondary N) is 2. The van der Waals surface area contributed by atoms with Gasteiger partial charge in [0, 0.05) is 54.1 Å². The van der Waals surface area contributed by atoms with Crippen LogP contribution in [0.25, 0.3) is 0 Å². The first-order chi connectivity index (χ1) is 19.4. The van der Waals surface area contributed by atoms with Gasteiger partial charge in [0.25, 0.3) is 11.8 Å². The molecule has 1 aromatic heterocycles. The van der Waals surface area contributed by atoms with Gasteiger partial charge in [0.2, 0.25) is 0 Å². The maximum atomic E-state index is 13.5. The predicted molar refractivity (Wildman–Crippen MR) is 150 cm³/mol. The van der Waals surface area contributed by atoms with E-state index in [2.05, 4.69) is 20.5 Å². The molecule has 3 unspecified atom stereocenters. The third-order valence-electron chi connectivity index (χ3n) is 8.11. The number of fused-ring (bicyclic) bond motifs is 1. The molecule has 2 fully saturated rings. The minimum Gasteiger partial charge on any atom is -0.496 e. The normalized spacial score (nSPS) is 20.0. The maximum absolute atomic E-state index is 13.5. The first kappa shape index (κ1) is 27.4. The molecule has 8 nitrogen and oxygen atoms in total. The molecule has 40 heavy (non-hydrogen) atoms. The Labute approximate surface area is 233 Å². The van der Waals surface area contributed by atoms with Gasteiger partial charge in [-0.2, -0.15) is 0 Å². The van der Waals surface area contributed by atoms with E-state index in [0.29, 0.717) is 34.1 Å². The smallest absolute Gasteiger partial charge is 0.253 e. The Morgan fingerprint density at radius 1 is 1.05 bits per heavy atom. The first-order valence-corrected chi connectivity index (χ1v) is 13.7. The maximum Gasteiger partial charge on any atom is 0.253 e. The summed E-state index contributed by atoms with van der Waals surface area (Å²) in [5, 5.41) is 6.11. The van der Waals surface area contributed by atoms with Crippen molar-refractivity contribution in [2.24, 2.45) is 5.92 Å². The van der Waals surface area contributed by atoms with Gasteiger partial charge in [-0.3, -0.25) is 9.59 Å². The molecule has 2 amide bonds. The molecule has 3 aromatic rings. The largest absolute Gasteiger partial charge is 0.496 e. The van der Waals surface area contributed by atoms with Crippen LogP contribution in [-0.2, 0) is 6.54 Å². The van der Waals surface area contributed by atoms with Crippen LogP contribution in [0.15, 0.2) is 54.7 Å². The van der Waals surface area contributed by atoms with Crippen molar-refractivity contribution in [1.82, 2.24) is 15.6 Å².